The first-order valence-electron chi connectivity index (χ1n) is 7.80. The normalized spacial score (nSPS) is 10.8. The molecule has 0 saturated heterocycles. The second kappa shape index (κ2) is 6.97. The van der Waals surface area contributed by atoms with E-state index in [2.05, 4.69) is 27.5 Å². The van der Waals surface area contributed by atoms with Crippen LogP contribution in [-0.2, 0) is 20.0 Å². The van der Waals surface area contributed by atoms with Crippen LogP contribution in [0, 0.1) is 13.8 Å². The van der Waals surface area contributed by atoms with E-state index >= 15 is 0 Å². The highest BCUT2D eigenvalue weighted by atomic mass is 32.1. The summed E-state index contributed by atoms with van der Waals surface area (Å²) >= 11 is 1.52. The van der Waals surface area contributed by atoms with Crippen molar-refractivity contribution in [1.82, 2.24) is 20.1 Å². The lowest BCUT2D eigenvalue weighted by molar-refractivity contribution is 0.0946. The van der Waals surface area contributed by atoms with E-state index < -0.39 is 0 Å². The van der Waals surface area contributed by atoms with Crippen LogP contribution in [0.1, 0.15) is 38.0 Å². The third-order valence-electron chi connectivity index (χ3n) is 4.07. The molecule has 1 aromatic carbocycles. The van der Waals surface area contributed by atoms with Gasteiger partial charge in [0.25, 0.3) is 5.91 Å². The second-order valence-corrected chi connectivity index (χ2v) is 6.69. The number of thiazole rings is 1. The number of nitrogens with one attached hydrogen (secondary N) is 1. The van der Waals surface area contributed by atoms with Crippen molar-refractivity contribution in [2.75, 3.05) is 0 Å². The fraction of sp³-hybridized carbons (Fsp3) is 0.278. The number of amides is 1. The van der Waals surface area contributed by atoms with Crippen LogP contribution in [0.2, 0.25) is 0 Å². The summed E-state index contributed by atoms with van der Waals surface area (Å²) in [6.45, 7) is 4.42. The zero-order valence-electron chi connectivity index (χ0n) is 14.0. The van der Waals surface area contributed by atoms with Gasteiger partial charge in [-0.25, -0.2) is 4.98 Å². The highest BCUT2D eigenvalue weighted by Crippen LogP contribution is 2.15. The topological polar surface area (TPSA) is 59.8 Å². The van der Waals surface area contributed by atoms with E-state index in [4.69, 9.17) is 0 Å². The quantitative estimate of drug-likeness (QED) is 0.777. The van der Waals surface area contributed by atoms with Gasteiger partial charge < -0.3 is 5.32 Å². The molecule has 0 aliphatic carbocycles. The molecule has 0 aliphatic heterocycles. The number of aryl methyl sites for hydroxylation is 2. The van der Waals surface area contributed by atoms with E-state index in [0.29, 0.717) is 12.2 Å². The van der Waals surface area contributed by atoms with Crippen molar-refractivity contribution < 1.29 is 4.79 Å². The fourth-order valence-electron chi connectivity index (χ4n) is 2.60. The van der Waals surface area contributed by atoms with Crippen LogP contribution in [0.4, 0.5) is 0 Å². The molecule has 1 N–H and O–H groups in total. The molecular weight excluding hydrogens is 320 g/mol. The molecule has 0 spiro atoms. The van der Waals surface area contributed by atoms with E-state index in [1.807, 2.05) is 49.2 Å². The Morgan fingerprint density at radius 1 is 1.25 bits per heavy atom. The van der Waals surface area contributed by atoms with E-state index in [9.17, 15) is 4.79 Å². The highest BCUT2D eigenvalue weighted by molar-refractivity contribution is 7.09. The molecule has 0 fully saturated rings. The minimum Gasteiger partial charge on any atom is -0.346 e. The van der Waals surface area contributed by atoms with Crippen molar-refractivity contribution in [2.45, 2.75) is 26.8 Å². The van der Waals surface area contributed by atoms with Crippen LogP contribution < -0.4 is 5.32 Å². The van der Waals surface area contributed by atoms with E-state index in [1.54, 1.807) is 0 Å². The molecule has 0 unspecified atom stereocenters. The summed E-state index contributed by atoms with van der Waals surface area (Å²) in [5, 5.41) is 10.1. The summed E-state index contributed by atoms with van der Waals surface area (Å²) in [5.41, 5.74) is 4.74. The Morgan fingerprint density at radius 2 is 2.00 bits per heavy atom. The third-order valence-corrected chi connectivity index (χ3v) is 4.92. The largest absolute Gasteiger partial charge is 0.346 e. The molecule has 0 saturated carbocycles. The zero-order chi connectivity index (χ0) is 17.1. The lowest BCUT2D eigenvalue weighted by atomic mass is 10.2. The maximum Gasteiger partial charge on any atom is 0.271 e. The second-order valence-electron chi connectivity index (χ2n) is 5.74. The number of carbonyl (C=O) groups excluding carboxylic acids is 1. The predicted octanol–water partition coefficient (Wildman–Crippen LogP) is 3.01. The van der Waals surface area contributed by atoms with Crippen LogP contribution in [0.3, 0.4) is 0 Å². The molecule has 2 heterocycles. The molecule has 124 valence electrons. The summed E-state index contributed by atoms with van der Waals surface area (Å²) in [6, 6.07) is 10.1. The van der Waals surface area contributed by atoms with Crippen molar-refractivity contribution >= 4 is 17.2 Å². The first-order chi connectivity index (χ1) is 11.5. The number of aromatic nitrogens is 3. The number of benzene rings is 1. The molecule has 0 aliphatic rings. The Labute approximate surface area is 145 Å². The van der Waals surface area contributed by atoms with Gasteiger partial charge >= 0.3 is 0 Å². The van der Waals surface area contributed by atoms with Crippen LogP contribution in [0.15, 0.2) is 35.7 Å². The minimum absolute atomic E-state index is 0.145. The molecule has 3 rings (SSSR count). The van der Waals surface area contributed by atoms with E-state index in [1.165, 1.54) is 16.9 Å². The van der Waals surface area contributed by atoms with Crippen molar-refractivity contribution in [3.8, 4) is 0 Å². The number of nitrogens with zero attached hydrogens (tertiary/aromatic N) is 3. The summed E-state index contributed by atoms with van der Waals surface area (Å²) in [4.78, 5) is 16.8. The molecule has 2 aromatic heterocycles. The number of hydrogen-bond acceptors (Lipinski definition) is 4. The molecule has 3 aromatic rings. The van der Waals surface area contributed by atoms with Gasteiger partial charge in [-0.1, -0.05) is 30.3 Å². The number of hydrogen-bond donors (Lipinski definition) is 1. The number of rotatable bonds is 5. The highest BCUT2D eigenvalue weighted by Gasteiger charge is 2.14. The van der Waals surface area contributed by atoms with Gasteiger partial charge in [-0.3, -0.25) is 9.48 Å². The summed E-state index contributed by atoms with van der Waals surface area (Å²) in [5.74, 6) is -0.145. The molecule has 6 heteroatoms. The van der Waals surface area contributed by atoms with Gasteiger partial charge in [0.15, 0.2) is 0 Å². The summed E-state index contributed by atoms with van der Waals surface area (Å²) in [6.07, 6.45) is 0.750. The molecule has 0 bridgehead atoms. The Hall–Kier alpha value is -2.47. The van der Waals surface area contributed by atoms with Gasteiger partial charge in [0.05, 0.1) is 10.7 Å². The average Bonchev–Trinajstić information content (AvgIpc) is 3.12. The minimum atomic E-state index is -0.145. The van der Waals surface area contributed by atoms with Crippen LogP contribution >= 0.6 is 11.3 Å². The van der Waals surface area contributed by atoms with Crippen molar-refractivity contribution in [1.29, 1.82) is 0 Å². The lowest BCUT2D eigenvalue weighted by Crippen LogP contribution is -2.23. The van der Waals surface area contributed by atoms with Gasteiger partial charge in [0.1, 0.15) is 5.69 Å². The third kappa shape index (κ3) is 3.54. The average molecular weight is 340 g/mol. The maximum atomic E-state index is 12.3. The van der Waals surface area contributed by atoms with Gasteiger partial charge in [0, 0.05) is 36.7 Å². The first kappa shape index (κ1) is 16.4. The molecule has 5 nitrogen and oxygen atoms in total. The Bertz CT molecular complexity index is 851. The predicted molar refractivity (Wildman–Crippen MR) is 95.2 cm³/mol. The van der Waals surface area contributed by atoms with Crippen LogP contribution in [-0.4, -0.2) is 20.7 Å². The standard InChI is InChI=1S/C18H20N4OS/c1-12-15(13(2)22(3)21-12)10-19-18(23)16-11-24-17(20-16)9-14-7-5-4-6-8-14/h4-8,11H,9-10H2,1-3H3,(H,19,23). The van der Waals surface area contributed by atoms with Crippen LogP contribution in [0.25, 0.3) is 0 Å². The SMILES string of the molecule is Cc1nn(C)c(C)c1CNC(=O)c1csc(Cc2ccccc2)n1. The fourth-order valence-corrected chi connectivity index (χ4v) is 3.41. The van der Waals surface area contributed by atoms with Gasteiger partial charge in [-0.05, 0) is 19.4 Å². The number of carbonyl (C=O) groups is 1. The first-order valence-corrected chi connectivity index (χ1v) is 8.68. The van der Waals surface area contributed by atoms with Crippen LogP contribution in [0.5, 0.6) is 0 Å². The van der Waals surface area contributed by atoms with E-state index in [0.717, 1.165) is 28.4 Å². The smallest absolute Gasteiger partial charge is 0.271 e. The maximum absolute atomic E-state index is 12.3. The molecule has 1 amide bonds. The summed E-state index contributed by atoms with van der Waals surface area (Å²) < 4.78 is 1.83. The molecular formula is C18H20N4OS. The zero-order valence-corrected chi connectivity index (χ0v) is 14.9. The Balaban J connectivity index is 1.63. The van der Waals surface area contributed by atoms with Gasteiger partial charge in [-0.15, -0.1) is 11.3 Å². The molecule has 0 atom stereocenters. The molecule has 0 radical (unpaired) electrons. The van der Waals surface area contributed by atoms with Crippen molar-refractivity contribution in [2.24, 2.45) is 7.05 Å². The van der Waals surface area contributed by atoms with Crippen molar-refractivity contribution in [3.05, 3.63) is 68.9 Å². The lowest BCUT2D eigenvalue weighted by Gasteiger charge is -2.04. The Morgan fingerprint density at radius 3 is 2.67 bits per heavy atom. The summed E-state index contributed by atoms with van der Waals surface area (Å²) in [7, 11) is 1.91. The molecule has 24 heavy (non-hydrogen) atoms. The van der Waals surface area contributed by atoms with Crippen molar-refractivity contribution in [3.63, 3.8) is 0 Å². The van der Waals surface area contributed by atoms with E-state index in [-0.39, 0.29) is 5.91 Å². The van der Waals surface area contributed by atoms with Gasteiger partial charge in [0.2, 0.25) is 0 Å². The Kier molecular flexibility index (Phi) is 4.76. The van der Waals surface area contributed by atoms with Gasteiger partial charge in [-0.2, -0.15) is 5.10 Å². The monoisotopic (exact) mass is 340 g/mol.